The number of hydrogen-bond acceptors (Lipinski definition) is 5. The van der Waals surface area contributed by atoms with E-state index in [1.54, 1.807) is 36.7 Å². The molecule has 7 heteroatoms. The third-order valence-electron chi connectivity index (χ3n) is 5.21. The molecule has 0 fully saturated rings. The van der Waals surface area contributed by atoms with Gasteiger partial charge in [-0.05, 0) is 63.1 Å². The van der Waals surface area contributed by atoms with Crippen molar-refractivity contribution in [3.63, 3.8) is 0 Å². The maximum atomic E-state index is 12.3. The molecular formula is C25H25N5O2. The Hall–Kier alpha value is -4.00. The third kappa shape index (κ3) is 5.18. The van der Waals surface area contributed by atoms with Gasteiger partial charge in [0.15, 0.2) is 5.82 Å². The summed E-state index contributed by atoms with van der Waals surface area (Å²) in [6, 6.07) is 19.0. The first-order chi connectivity index (χ1) is 15.5. The summed E-state index contributed by atoms with van der Waals surface area (Å²) in [7, 11) is 0. The number of aromatic nitrogens is 4. The van der Waals surface area contributed by atoms with Gasteiger partial charge in [0.1, 0.15) is 12.1 Å². The van der Waals surface area contributed by atoms with Crippen molar-refractivity contribution in [2.75, 3.05) is 5.32 Å². The van der Waals surface area contributed by atoms with Crippen LogP contribution in [0.25, 0.3) is 5.82 Å². The largest absolute Gasteiger partial charge is 0.438 e. The van der Waals surface area contributed by atoms with E-state index >= 15 is 0 Å². The topological polar surface area (TPSA) is 81.9 Å². The van der Waals surface area contributed by atoms with Gasteiger partial charge in [0.2, 0.25) is 11.8 Å². The fourth-order valence-corrected chi connectivity index (χ4v) is 3.30. The smallest absolute Gasteiger partial charge is 0.238 e. The third-order valence-corrected chi connectivity index (χ3v) is 5.21. The number of carbonyl (C=O) groups excluding carboxylic acids is 1. The number of carbonyl (C=O) groups is 1. The number of ether oxygens (including phenoxy) is 1. The molecule has 0 aliphatic heterocycles. The van der Waals surface area contributed by atoms with E-state index < -0.39 is 0 Å². The van der Waals surface area contributed by atoms with E-state index in [4.69, 9.17) is 4.74 Å². The van der Waals surface area contributed by atoms with Crippen LogP contribution in [0.5, 0.6) is 11.6 Å². The maximum absolute atomic E-state index is 12.3. The van der Waals surface area contributed by atoms with Gasteiger partial charge < -0.3 is 10.1 Å². The molecule has 4 rings (SSSR count). The highest BCUT2D eigenvalue weighted by atomic mass is 16.5. The van der Waals surface area contributed by atoms with E-state index in [2.05, 4.69) is 39.6 Å². The van der Waals surface area contributed by atoms with Crippen LogP contribution in [0.1, 0.15) is 28.9 Å². The average molecular weight is 428 g/mol. The Balaban J connectivity index is 1.31. The highest BCUT2D eigenvalue weighted by Gasteiger charge is 2.08. The Morgan fingerprint density at radius 2 is 1.81 bits per heavy atom. The van der Waals surface area contributed by atoms with Gasteiger partial charge in [0.25, 0.3) is 0 Å². The molecule has 0 atom stereocenters. The molecular weight excluding hydrogens is 402 g/mol. The van der Waals surface area contributed by atoms with Gasteiger partial charge in [0, 0.05) is 23.9 Å². The zero-order chi connectivity index (χ0) is 22.5. The molecule has 2 heterocycles. The lowest BCUT2D eigenvalue weighted by atomic mass is 10.1. The second-order valence-electron chi connectivity index (χ2n) is 7.68. The molecule has 32 heavy (non-hydrogen) atoms. The van der Waals surface area contributed by atoms with E-state index in [9.17, 15) is 4.79 Å². The number of hydrogen-bond donors (Lipinski definition) is 1. The zero-order valence-electron chi connectivity index (χ0n) is 18.4. The Bertz CT molecular complexity index is 1210. The van der Waals surface area contributed by atoms with Gasteiger partial charge in [0.05, 0.1) is 5.69 Å². The highest BCUT2D eigenvalue weighted by molar-refractivity contribution is 5.90. The standard InChI is InChI=1S/C25H25N5O2/c1-17-5-4-6-20(15-17)7-13-24(31)27-21-8-10-22(11-9-21)32-25-14-12-23(28-29-25)30-16-26-18(2)19(30)3/h4-6,8-12,14-16H,7,13H2,1-3H3,(H,27,31). The van der Waals surface area contributed by atoms with Gasteiger partial charge in [-0.2, -0.15) is 0 Å². The summed E-state index contributed by atoms with van der Waals surface area (Å²) in [6.45, 7) is 5.99. The number of nitrogens with zero attached hydrogens (tertiary/aromatic N) is 4. The molecule has 7 nitrogen and oxygen atoms in total. The number of imidazole rings is 1. The molecule has 0 saturated heterocycles. The average Bonchev–Trinajstić information content (AvgIpc) is 3.13. The molecule has 0 bridgehead atoms. The highest BCUT2D eigenvalue weighted by Crippen LogP contribution is 2.22. The summed E-state index contributed by atoms with van der Waals surface area (Å²) in [5, 5.41) is 11.3. The van der Waals surface area contributed by atoms with E-state index in [1.807, 2.05) is 36.6 Å². The molecule has 2 aromatic carbocycles. The number of rotatable bonds is 7. The second kappa shape index (κ2) is 9.43. The van der Waals surface area contributed by atoms with Gasteiger partial charge in [-0.1, -0.05) is 29.8 Å². The minimum absolute atomic E-state index is 0.0216. The van der Waals surface area contributed by atoms with Crippen LogP contribution in [0.4, 0.5) is 5.69 Å². The normalized spacial score (nSPS) is 10.7. The van der Waals surface area contributed by atoms with Crippen LogP contribution in [0.3, 0.4) is 0 Å². The molecule has 1 N–H and O–H groups in total. The Morgan fingerprint density at radius 3 is 2.47 bits per heavy atom. The first-order valence-corrected chi connectivity index (χ1v) is 10.5. The van der Waals surface area contributed by atoms with Crippen molar-refractivity contribution < 1.29 is 9.53 Å². The van der Waals surface area contributed by atoms with Crippen LogP contribution in [-0.2, 0) is 11.2 Å². The monoisotopic (exact) mass is 427 g/mol. The zero-order valence-corrected chi connectivity index (χ0v) is 18.4. The van der Waals surface area contributed by atoms with Gasteiger partial charge in [-0.15, -0.1) is 10.2 Å². The fraction of sp³-hybridized carbons (Fsp3) is 0.200. The summed E-state index contributed by atoms with van der Waals surface area (Å²) in [5.41, 5.74) is 5.05. The lowest BCUT2D eigenvalue weighted by molar-refractivity contribution is -0.116. The van der Waals surface area contributed by atoms with Crippen LogP contribution in [0.2, 0.25) is 0 Å². The number of aryl methyl sites for hydroxylation is 3. The summed E-state index contributed by atoms with van der Waals surface area (Å²) in [6.07, 6.45) is 2.87. The van der Waals surface area contributed by atoms with Gasteiger partial charge in [-0.25, -0.2) is 4.98 Å². The Morgan fingerprint density at radius 1 is 1.00 bits per heavy atom. The van der Waals surface area contributed by atoms with Gasteiger partial charge >= 0.3 is 0 Å². The maximum Gasteiger partial charge on any atom is 0.238 e. The molecule has 0 saturated carbocycles. The molecule has 162 valence electrons. The molecule has 2 aromatic heterocycles. The van der Waals surface area contributed by atoms with Crippen LogP contribution in [0.15, 0.2) is 67.0 Å². The minimum atomic E-state index is -0.0216. The van der Waals surface area contributed by atoms with E-state index in [-0.39, 0.29) is 5.91 Å². The van der Waals surface area contributed by atoms with Crippen LogP contribution < -0.4 is 10.1 Å². The molecule has 4 aromatic rings. The van der Waals surface area contributed by atoms with Crippen molar-refractivity contribution in [1.82, 2.24) is 19.7 Å². The Labute approximate surface area is 187 Å². The minimum Gasteiger partial charge on any atom is -0.438 e. The molecule has 0 unspecified atom stereocenters. The molecule has 0 aliphatic carbocycles. The number of anilines is 1. The molecule has 0 aliphatic rings. The van der Waals surface area contributed by atoms with Crippen molar-refractivity contribution in [2.24, 2.45) is 0 Å². The number of benzene rings is 2. The van der Waals surface area contributed by atoms with Crippen LogP contribution >= 0.6 is 0 Å². The van der Waals surface area contributed by atoms with Crippen molar-refractivity contribution >= 4 is 11.6 Å². The fourth-order valence-electron chi connectivity index (χ4n) is 3.30. The predicted octanol–water partition coefficient (Wildman–Crippen LogP) is 4.95. The summed E-state index contributed by atoms with van der Waals surface area (Å²) >= 11 is 0. The molecule has 1 amide bonds. The van der Waals surface area contributed by atoms with Crippen molar-refractivity contribution in [3.8, 4) is 17.4 Å². The van der Waals surface area contributed by atoms with Gasteiger partial charge in [-0.3, -0.25) is 9.36 Å². The lowest BCUT2D eigenvalue weighted by Crippen LogP contribution is -2.12. The lowest BCUT2D eigenvalue weighted by Gasteiger charge is -2.08. The van der Waals surface area contributed by atoms with Crippen molar-refractivity contribution in [2.45, 2.75) is 33.6 Å². The van der Waals surface area contributed by atoms with E-state index in [0.29, 0.717) is 30.3 Å². The summed E-state index contributed by atoms with van der Waals surface area (Å²) < 4.78 is 7.65. The van der Waals surface area contributed by atoms with Crippen molar-refractivity contribution in [3.05, 3.63) is 89.5 Å². The first-order valence-electron chi connectivity index (χ1n) is 10.5. The second-order valence-corrected chi connectivity index (χ2v) is 7.68. The molecule has 0 spiro atoms. The number of nitrogens with one attached hydrogen (secondary N) is 1. The van der Waals surface area contributed by atoms with Crippen LogP contribution in [0, 0.1) is 20.8 Å². The molecule has 0 radical (unpaired) electrons. The first kappa shape index (κ1) is 21.2. The predicted molar refractivity (Wildman–Crippen MR) is 123 cm³/mol. The SMILES string of the molecule is Cc1cccc(CCC(=O)Nc2ccc(Oc3ccc(-n4cnc(C)c4C)nn3)cc2)c1. The van der Waals surface area contributed by atoms with E-state index in [0.717, 1.165) is 22.6 Å². The van der Waals surface area contributed by atoms with Crippen LogP contribution in [-0.4, -0.2) is 25.7 Å². The quantitative estimate of drug-likeness (QED) is 0.451. The summed E-state index contributed by atoms with van der Waals surface area (Å²) in [4.78, 5) is 16.5. The number of amides is 1. The van der Waals surface area contributed by atoms with Crippen molar-refractivity contribution in [1.29, 1.82) is 0 Å². The Kier molecular flexibility index (Phi) is 6.26. The van der Waals surface area contributed by atoms with E-state index in [1.165, 1.54) is 5.56 Å². The summed E-state index contributed by atoms with van der Waals surface area (Å²) in [5.74, 6) is 1.66.